The van der Waals surface area contributed by atoms with Crippen LogP contribution in [0.15, 0.2) is 16.3 Å². The van der Waals surface area contributed by atoms with Crippen molar-refractivity contribution in [1.29, 1.82) is 0 Å². The first-order valence-corrected chi connectivity index (χ1v) is 9.78. The fourth-order valence-electron chi connectivity index (χ4n) is 2.43. The molecule has 130 valence electrons. The van der Waals surface area contributed by atoms with Gasteiger partial charge in [0.05, 0.1) is 36.2 Å². The molecule has 2 atom stereocenters. The number of rotatable bonds is 6. The van der Waals surface area contributed by atoms with Crippen LogP contribution in [0.2, 0.25) is 0 Å². The molecule has 1 aliphatic heterocycles. The molecule has 1 N–H and O–H groups in total. The van der Waals surface area contributed by atoms with E-state index >= 15 is 0 Å². The zero-order chi connectivity index (χ0) is 16.9. The number of hydrogen-bond acceptors (Lipinski definition) is 7. The van der Waals surface area contributed by atoms with Crippen molar-refractivity contribution >= 4 is 28.6 Å². The number of ether oxygens (including phenoxy) is 2. The summed E-state index contributed by atoms with van der Waals surface area (Å²) in [6.07, 6.45) is 0.560. The highest BCUT2D eigenvalue weighted by Gasteiger charge is 2.29. The summed E-state index contributed by atoms with van der Waals surface area (Å²) in [5.41, 5.74) is 3.63. The topological polar surface area (TPSA) is 73.3 Å². The second-order valence-corrected chi connectivity index (χ2v) is 7.58. The summed E-state index contributed by atoms with van der Waals surface area (Å²) in [4.78, 5) is 21.1. The van der Waals surface area contributed by atoms with E-state index in [0.717, 1.165) is 17.8 Å². The number of carbonyl (C=O) groups is 1. The molecule has 8 heteroatoms. The molecule has 2 aromatic rings. The highest BCUT2D eigenvalue weighted by atomic mass is 32.1. The number of nitrogens with zero attached hydrogens (tertiary/aromatic N) is 2. The molecule has 2 aromatic heterocycles. The van der Waals surface area contributed by atoms with Gasteiger partial charge in [-0.25, -0.2) is 9.97 Å². The molecule has 0 aromatic carbocycles. The third kappa shape index (κ3) is 4.38. The normalized spacial score (nSPS) is 21.1. The van der Waals surface area contributed by atoms with Gasteiger partial charge in [0.15, 0.2) is 5.01 Å². The van der Waals surface area contributed by atoms with E-state index in [4.69, 9.17) is 9.47 Å². The van der Waals surface area contributed by atoms with Crippen LogP contribution < -0.4 is 5.32 Å². The second kappa shape index (κ2) is 8.15. The SMILES string of the molecule is CC(C)c1csc(C(=O)N[C@@H]2CCOC[C@H]2OCc2cscn2)n1. The number of thiazole rings is 2. The first kappa shape index (κ1) is 17.5. The molecule has 1 saturated heterocycles. The first-order valence-electron chi connectivity index (χ1n) is 7.96. The van der Waals surface area contributed by atoms with Crippen LogP contribution in [-0.4, -0.2) is 41.2 Å². The molecular formula is C16H21N3O3S2. The molecule has 1 fully saturated rings. The molecule has 0 spiro atoms. The molecule has 0 radical (unpaired) electrons. The van der Waals surface area contributed by atoms with Crippen LogP contribution in [0.1, 0.15) is 47.4 Å². The Kier molecular flexibility index (Phi) is 5.94. The molecule has 3 heterocycles. The quantitative estimate of drug-likeness (QED) is 0.850. The standard InChI is InChI=1S/C16H21N3O3S2/c1-10(2)13-8-24-16(19-13)15(20)18-12-3-4-21-6-14(12)22-5-11-7-23-9-17-11/h7-10,12,14H,3-6H2,1-2H3,(H,18,20)/t12-,14-/m1/s1. The average molecular weight is 367 g/mol. The van der Waals surface area contributed by atoms with Gasteiger partial charge < -0.3 is 14.8 Å². The van der Waals surface area contributed by atoms with Gasteiger partial charge in [-0.05, 0) is 12.3 Å². The molecule has 6 nitrogen and oxygen atoms in total. The van der Waals surface area contributed by atoms with Crippen molar-refractivity contribution in [2.24, 2.45) is 0 Å². The summed E-state index contributed by atoms with van der Waals surface area (Å²) >= 11 is 2.92. The van der Waals surface area contributed by atoms with Crippen molar-refractivity contribution in [3.05, 3.63) is 32.7 Å². The number of amides is 1. The second-order valence-electron chi connectivity index (χ2n) is 6.01. The van der Waals surface area contributed by atoms with E-state index in [2.05, 4.69) is 29.1 Å². The summed E-state index contributed by atoms with van der Waals surface area (Å²) in [7, 11) is 0. The molecule has 0 aliphatic carbocycles. The van der Waals surface area contributed by atoms with Gasteiger partial charge in [0.1, 0.15) is 6.10 Å². The van der Waals surface area contributed by atoms with Gasteiger partial charge in [-0.2, -0.15) is 0 Å². The summed E-state index contributed by atoms with van der Waals surface area (Å²) in [6, 6.07) is -0.0729. The fourth-order valence-corrected chi connectivity index (χ4v) is 3.85. The third-order valence-electron chi connectivity index (χ3n) is 3.86. The lowest BCUT2D eigenvalue weighted by atomic mass is 10.1. The predicted octanol–water partition coefficient (Wildman–Crippen LogP) is 2.83. The predicted molar refractivity (Wildman–Crippen MR) is 93.6 cm³/mol. The van der Waals surface area contributed by atoms with Gasteiger partial charge in [-0.3, -0.25) is 4.79 Å². The van der Waals surface area contributed by atoms with E-state index in [-0.39, 0.29) is 18.1 Å². The molecule has 0 bridgehead atoms. The Morgan fingerprint density at radius 3 is 3.08 bits per heavy atom. The van der Waals surface area contributed by atoms with Crippen LogP contribution in [0.25, 0.3) is 0 Å². The lowest BCUT2D eigenvalue weighted by Crippen LogP contribution is -2.49. The maximum absolute atomic E-state index is 12.5. The molecule has 1 aliphatic rings. The molecule has 0 unspecified atom stereocenters. The molecule has 0 saturated carbocycles. The van der Waals surface area contributed by atoms with Crippen LogP contribution in [0.4, 0.5) is 0 Å². The lowest BCUT2D eigenvalue weighted by Gasteiger charge is -2.31. The lowest BCUT2D eigenvalue weighted by molar-refractivity contribution is -0.0742. The van der Waals surface area contributed by atoms with Crippen LogP contribution in [-0.2, 0) is 16.1 Å². The highest BCUT2D eigenvalue weighted by Crippen LogP contribution is 2.19. The fraction of sp³-hybridized carbons (Fsp3) is 0.562. The monoisotopic (exact) mass is 367 g/mol. The Hall–Kier alpha value is -1.35. The largest absolute Gasteiger partial charge is 0.379 e. The van der Waals surface area contributed by atoms with Crippen LogP contribution in [0.5, 0.6) is 0 Å². The summed E-state index contributed by atoms with van der Waals surface area (Å²) in [5, 5.41) is 7.46. The van der Waals surface area contributed by atoms with Gasteiger partial charge in [0.25, 0.3) is 5.91 Å². The van der Waals surface area contributed by atoms with E-state index in [1.165, 1.54) is 11.3 Å². The van der Waals surface area contributed by atoms with Gasteiger partial charge in [0, 0.05) is 17.4 Å². The summed E-state index contributed by atoms with van der Waals surface area (Å²) < 4.78 is 11.4. The zero-order valence-electron chi connectivity index (χ0n) is 13.7. The Morgan fingerprint density at radius 2 is 2.38 bits per heavy atom. The maximum Gasteiger partial charge on any atom is 0.280 e. The molecule has 24 heavy (non-hydrogen) atoms. The van der Waals surface area contributed by atoms with Gasteiger partial charge in [0.2, 0.25) is 0 Å². The summed E-state index contributed by atoms with van der Waals surface area (Å²) in [5.74, 6) is 0.182. The van der Waals surface area contributed by atoms with Crippen LogP contribution in [0, 0.1) is 0 Å². The minimum Gasteiger partial charge on any atom is -0.379 e. The molecular weight excluding hydrogens is 346 g/mol. The van der Waals surface area contributed by atoms with Crippen molar-refractivity contribution in [1.82, 2.24) is 15.3 Å². The molecule has 3 rings (SSSR count). The van der Waals surface area contributed by atoms with E-state index < -0.39 is 0 Å². The van der Waals surface area contributed by atoms with Crippen LogP contribution in [0.3, 0.4) is 0 Å². The Balaban J connectivity index is 1.59. The van der Waals surface area contributed by atoms with Crippen molar-refractivity contribution in [2.45, 2.75) is 44.9 Å². The minimum atomic E-state index is -0.172. The van der Waals surface area contributed by atoms with Gasteiger partial charge in [-0.1, -0.05) is 13.8 Å². The highest BCUT2D eigenvalue weighted by molar-refractivity contribution is 7.11. The average Bonchev–Trinajstić information content (AvgIpc) is 3.26. The van der Waals surface area contributed by atoms with Crippen LogP contribution >= 0.6 is 22.7 Å². The smallest absolute Gasteiger partial charge is 0.280 e. The zero-order valence-corrected chi connectivity index (χ0v) is 15.4. The van der Waals surface area contributed by atoms with E-state index in [9.17, 15) is 4.79 Å². The minimum absolute atomic E-state index is 0.0729. The maximum atomic E-state index is 12.5. The van der Waals surface area contributed by atoms with Crippen molar-refractivity contribution in [3.63, 3.8) is 0 Å². The van der Waals surface area contributed by atoms with Crippen molar-refractivity contribution in [3.8, 4) is 0 Å². The Bertz CT molecular complexity index is 657. The van der Waals surface area contributed by atoms with Crippen molar-refractivity contribution in [2.75, 3.05) is 13.2 Å². The van der Waals surface area contributed by atoms with E-state index in [1.54, 1.807) is 16.8 Å². The van der Waals surface area contributed by atoms with E-state index in [1.807, 2.05) is 10.8 Å². The van der Waals surface area contributed by atoms with Gasteiger partial charge >= 0.3 is 0 Å². The molecule has 1 amide bonds. The summed E-state index contributed by atoms with van der Waals surface area (Å²) in [6.45, 7) is 5.66. The number of carbonyl (C=O) groups excluding carboxylic acids is 1. The Labute approximate surface area is 149 Å². The number of nitrogens with one attached hydrogen (secondary N) is 1. The Morgan fingerprint density at radius 1 is 1.50 bits per heavy atom. The van der Waals surface area contributed by atoms with Gasteiger partial charge in [-0.15, -0.1) is 22.7 Å². The first-order chi connectivity index (χ1) is 11.6. The number of aromatic nitrogens is 2. The third-order valence-corrected chi connectivity index (χ3v) is 5.35. The van der Waals surface area contributed by atoms with Crippen molar-refractivity contribution < 1.29 is 14.3 Å². The number of hydrogen-bond donors (Lipinski definition) is 1. The van der Waals surface area contributed by atoms with E-state index in [0.29, 0.717) is 30.7 Å².